The van der Waals surface area contributed by atoms with Crippen LogP contribution in [0.1, 0.15) is 17.3 Å². The molecule has 36 heavy (non-hydrogen) atoms. The summed E-state index contributed by atoms with van der Waals surface area (Å²) in [4.78, 5) is 25.1. The first-order valence-electron chi connectivity index (χ1n) is 10.2. The topological polar surface area (TPSA) is 156 Å². The van der Waals surface area contributed by atoms with Gasteiger partial charge in [-0.05, 0) is 49.4 Å². The molecule has 2 aromatic carbocycles. The van der Waals surface area contributed by atoms with Crippen LogP contribution >= 0.6 is 11.6 Å². The highest BCUT2D eigenvalue weighted by atomic mass is 35.5. The van der Waals surface area contributed by atoms with Gasteiger partial charge in [0.05, 0.1) is 28.8 Å². The average Bonchev–Trinajstić information content (AvgIpc) is 2.79. The lowest BCUT2D eigenvalue weighted by Crippen LogP contribution is -2.52. The number of sulfonamides is 1. The molecule has 0 aliphatic carbocycles. The Morgan fingerprint density at radius 3 is 2.06 bits per heavy atom. The summed E-state index contributed by atoms with van der Waals surface area (Å²) in [5, 5.41) is 28.9. The molecule has 2 amide bonds. The Kier molecular flexibility index (Phi) is 9.31. The number of carbonyl (C=O) groups excluding carboxylic acids is 2. The van der Waals surface area contributed by atoms with Gasteiger partial charge in [0, 0.05) is 24.3 Å². The number of nitrogens with zero attached hydrogens (tertiary/aromatic N) is 1. The van der Waals surface area contributed by atoms with Crippen molar-refractivity contribution in [2.75, 3.05) is 36.3 Å². The van der Waals surface area contributed by atoms with Crippen LogP contribution in [0, 0.1) is 0 Å². The number of amides is 2. The lowest BCUT2D eigenvalue weighted by Gasteiger charge is -2.25. The minimum Gasteiger partial charge on any atom is -0.395 e. The molecule has 15 heteroatoms. The summed E-state index contributed by atoms with van der Waals surface area (Å²) in [6, 6.07) is 8.10. The summed E-state index contributed by atoms with van der Waals surface area (Å²) in [6.07, 6.45) is -5.26. The van der Waals surface area contributed by atoms with Crippen molar-refractivity contribution in [3.63, 3.8) is 0 Å². The van der Waals surface area contributed by atoms with Gasteiger partial charge in [-0.2, -0.15) is 13.2 Å². The molecule has 0 aliphatic heterocycles. The van der Waals surface area contributed by atoms with Crippen molar-refractivity contribution in [1.82, 2.24) is 4.90 Å². The highest BCUT2D eigenvalue weighted by Crippen LogP contribution is 2.33. The Morgan fingerprint density at radius 1 is 1.03 bits per heavy atom. The third-order valence-corrected chi connectivity index (χ3v) is 6.60. The van der Waals surface area contributed by atoms with E-state index in [-0.39, 0.29) is 55.1 Å². The molecule has 198 valence electrons. The molecule has 0 unspecified atom stereocenters. The largest absolute Gasteiger partial charge is 0.426 e. The van der Waals surface area contributed by atoms with Crippen LogP contribution in [-0.4, -0.2) is 78.5 Å². The summed E-state index contributed by atoms with van der Waals surface area (Å²) in [7, 11) is -4.24. The van der Waals surface area contributed by atoms with Crippen molar-refractivity contribution >= 4 is 44.8 Å². The minimum atomic E-state index is -5.26. The Morgan fingerprint density at radius 2 is 1.58 bits per heavy atom. The molecule has 0 bridgehead atoms. The van der Waals surface area contributed by atoms with Gasteiger partial charge < -0.3 is 25.5 Å². The second kappa shape index (κ2) is 11.4. The molecule has 0 aromatic heterocycles. The molecule has 10 nitrogen and oxygen atoms in total. The zero-order valence-corrected chi connectivity index (χ0v) is 20.3. The first-order chi connectivity index (χ1) is 16.6. The number of rotatable bonds is 10. The predicted octanol–water partition coefficient (Wildman–Crippen LogP) is 1.82. The summed E-state index contributed by atoms with van der Waals surface area (Å²) in [5.74, 6) is -2.29. The molecule has 5 N–H and O–H groups in total. The highest BCUT2D eigenvalue weighted by Gasteiger charge is 2.55. The first kappa shape index (κ1) is 29.3. The number of nitrogens with one attached hydrogen (secondary N) is 2. The molecular formula is C21H23ClF3N3O7S. The fourth-order valence-corrected chi connectivity index (χ4v) is 4.15. The monoisotopic (exact) mass is 553 g/mol. The lowest BCUT2D eigenvalue weighted by atomic mass is 10.1. The molecule has 0 radical (unpaired) electrons. The Hall–Kier alpha value is -2.91. The summed E-state index contributed by atoms with van der Waals surface area (Å²) in [5.41, 5.74) is -3.82. The quantitative estimate of drug-likeness (QED) is 0.300. The lowest BCUT2D eigenvalue weighted by molar-refractivity contribution is -0.242. The van der Waals surface area contributed by atoms with Crippen molar-refractivity contribution < 1.29 is 46.5 Å². The zero-order chi connectivity index (χ0) is 27.3. The number of halogens is 4. The van der Waals surface area contributed by atoms with Crippen LogP contribution in [0.3, 0.4) is 0 Å². The number of aliphatic hydroxyl groups is 3. The van der Waals surface area contributed by atoms with Crippen molar-refractivity contribution in [3.8, 4) is 0 Å². The van der Waals surface area contributed by atoms with Crippen LogP contribution in [0.2, 0.25) is 5.02 Å². The third-order valence-electron chi connectivity index (χ3n) is 4.90. The van der Waals surface area contributed by atoms with Crippen LogP contribution < -0.4 is 10.0 Å². The molecule has 2 rings (SSSR count). The minimum absolute atomic E-state index is 0.00126. The number of hydrogen-bond donors (Lipinski definition) is 5. The van der Waals surface area contributed by atoms with Crippen LogP contribution in [0.15, 0.2) is 47.4 Å². The number of anilines is 2. The van der Waals surface area contributed by atoms with Gasteiger partial charge in [-0.3, -0.25) is 14.3 Å². The van der Waals surface area contributed by atoms with Crippen molar-refractivity contribution in [3.05, 3.63) is 53.1 Å². The fraction of sp³-hybridized carbons (Fsp3) is 0.333. The number of aliphatic hydroxyl groups excluding tert-OH is 2. The predicted molar refractivity (Wildman–Crippen MR) is 124 cm³/mol. The van der Waals surface area contributed by atoms with Gasteiger partial charge in [-0.25, -0.2) is 8.42 Å². The van der Waals surface area contributed by atoms with Gasteiger partial charge in [-0.1, -0.05) is 11.6 Å². The van der Waals surface area contributed by atoms with Gasteiger partial charge in [0.15, 0.2) is 0 Å². The van der Waals surface area contributed by atoms with E-state index in [9.17, 15) is 36.3 Å². The van der Waals surface area contributed by atoms with Crippen molar-refractivity contribution in [2.24, 2.45) is 0 Å². The van der Waals surface area contributed by atoms with Crippen LogP contribution in [-0.2, 0) is 14.8 Å². The molecule has 1 atom stereocenters. The zero-order valence-electron chi connectivity index (χ0n) is 18.7. The first-order valence-corrected chi connectivity index (χ1v) is 12.0. The van der Waals surface area contributed by atoms with Gasteiger partial charge >= 0.3 is 6.18 Å². The van der Waals surface area contributed by atoms with E-state index < -0.39 is 38.6 Å². The van der Waals surface area contributed by atoms with Crippen LogP contribution in [0.25, 0.3) is 0 Å². The van der Waals surface area contributed by atoms with Crippen molar-refractivity contribution in [1.29, 1.82) is 0 Å². The average molecular weight is 554 g/mol. The van der Waals surface area contributed by atoms with Gasteiger partial charge in [0.2, 0.25) is 5.60 Å². The summed E-state index contributed by atoms with van der Waals surface area (Å²) < 4.78 is 66.1. The summed E-state index contributed by atoms with van der Waals surface area (Å²) in [6.45, 7) is -0.362. The normalized spacial score (nSPS) is 13.6. The second-order valence-corrected chi connectivity index (χ2v) is 9.68. The van der Waals surface area contributed by atoms with Gasteiger partial charge in [0.1, 0.15) is 0 Å². The standard InChI is InChI=1S/C21H23ClF3N3O7S/c1-20(33,21(23,24)25)19(32)26-17-7-6-15(12-16(17)22)36(34,35)27-14-4-2-13(3-5-14)18(31)28(8-10-29)9-11-30/h2-7,12,27,29-30,33H,8-11H2,1H3,(H,26,32)/t20-/m1/s1. The molecular weight excluding hydrogens is 531 g/mol. The Labute approximate surface area is 209 Å². The van der Waals surface area contributed by atoms with Crippen molar-refractivity contribution in [2.45, 2.75) is 23.6 Å². The van der Waals surface area contributed by atoms with E-state index in [1.54, 1.807) is 5.32 Å². The Bertz CT molecular complexity index is 1200. The maximum atomic E-state index is 12.8. The van der Waals surface area contributed by atoms with Crippen LogP contribution in [0.5, 0.6) is 0 Å². The number of benzene rings is 2. The molecule has 0 fully saturated rings. The Balaban J connectivity index is 2.18. The van der Waals surface area contributed by atoms with Gasteiger partial charge in [0.25, 0.3) is 21.8 Å². The van der Waals surface area contributed by atoms with Gasteiger partial charge in [-0.15, -0.1) is 0 Å². The smallest absolute Gasteiger partial charge is 0.395 e. The SMILES string of the molecule is C[C@@](O)(C(=O)Nc1ccc(S(=O)(=O)Nc2ccc(C(=O)N(CCO)CCO)cc2)cc1Cl)C(F)(F)F. The number of carbonyl (C=O) groups is 2. The van der Waals surface area contributed by atoms with E-state index in [0.717, 1.165) is 18.2 Å². The number of hydrogen-bond acceptors (Lipinski definition) is 7. The van der Waals surface area contributed by atoms with E-state index in [1.165, 1.54) is 29.2 Å². The van der Waals surface area contributed by atoms with Crippen LogP contribution in [0.4, 0.5) is 24.5 Å². The molecule has 0 spiro atoms. The van der Waals surface area contributed by atoms with E-state index in [1.807, 2.05) is 0 Å². The second-order valence-electron chi connectivity index (χ2n) is 7.59. The molecule has 0 saturated carbocycles. The van der Waals surface area contributed by atoms with E-state index in [2.05, 4.69) is 4.72 Å². The van der Waals surface area contributed by atoms with E-state index >= 15 is 0 Å². The maximum Gasteiger partial charge on any atom is 0.426 e. The number of alkyl halides is 3. The summed E-state index contributed by atoms with van der Waals surface area (Å²) >= 11 is 5.94. The van der Waals surface area contributed by atoms with E-state index in [4.69, 9.17) is 21.8 Å². The molecule has 2 aromatic rings. The highest BCUT2D eigenvalue weighted by molar-refractivity contribution is 7.92. The molecule has 0 aliphatic rings. The third kappa shape index (κ3) is 6.85. The van der Waals surface area contributed by atoms with E-state index in [0.29, 0.717) is 0 Å². The fourth-order valence-electron chi connectivity index (χ4n) is 2.77. The molecule has 0 heterocycles. The maximum absolute atomic E-state index is 12.8. The molecule has 0 saturated heterocycles.